The summed E-state index contributed by atoms with van der Waals surface area (Å²) in [4.78, 5) is 0.126. The summed E-state index contributed by atoms with van der Waals surface area (Å²) in [6, 6.07) is 12.0. The van der Waals surface area contributed by atoms with Gasteiger partial charge in [-0.25, -0.2) is 13.1 Å². The molecule has 0 amide bonds. The number of hydrogen-bond donors (Lipinski definition) is 1. The third-order valence-corrected chi connectivity index (χ3v) is 5.29. The van der Waals surface area contributed by atoms with E-state index in [1.165, 1.54) is 6.07 Å². The molecule has 5 nitrogen and oxygen atoms in total. The smallest absolute Gasteiger partial charge is 0.207 e. The van der Waals surface area contributed by atoms with Crippen molar-refractivity contribution in [3.05, 3.63) is 53.1 Å². The van der Waals surface area contributed by atoms with E-state index >= 15 is 0 Å². The van der Waals surface area contributed by atoms with E-state index in [4.69, 9.17) is 11.6 Å². The first-order chi connectivity index (χ1) is 10.1. The zero-order valence-corrected chi connectivity index (χ0v) is 13.0. The lowest BCUT2D eigenvalue weighted by atomic mass is 10.2. The highest BCUT2D eigenvalue weighted by Crippen LogP contribution is 2.22. The number of nitrogens with zero attached hydrogens (tertiary/aromatic N) is 2. The lowest BCUT2D eigenvalue weighted by Crippen LogP contribution is -2.23. The normalized spacial score (nSPS) is 11.9. The van der Waals surface area contributed by atoms with Crippen molar-refractivity contribution in [2.75, 3.05) is 0 Å². The largest absolute Gasteiger partial charge is 0.243 e. The molecule has 3 rings (SSSR count). The summed E-state index contributed by atoms with van der Waals surface area (Å²) in [5, 5.41) is 0.522. The van der Waals surface area contributed by atoms with Crippen LogP contribution >= 0.6 is 23.3 Å². The van der Waals surface area contributed by atoms with Crippen molar-refractivity contribution in [3.63, 3.8) is 0 Å². The van der Waals surface area contributed by atoms with Crippen LogP contribution in [0, 0.1) is 0 Å². The van der Waals surface area contributed by atoms with Crippen LogP contribution in [0.3, 0.4) is 0 Å². The maximum atomic E-state index is 12.4. The maximum Gasteiger partial charge on any atom is 0.243 e. The van der Waals surface area contributed by atoms with Gasteiger partial charge in [-0.3, -0.25) is 0 Å². The molecule has 0 saturated heterocycles. The third kappa shape index (κ3) is 2.91. The second-order valence-electron chi connectivity index (χ2n) is 4.30. The van der Waals surface area contributed by atoms with E-state index in [-0.39, 0.29) is 11.4 Å². The Hall–Kier alpha value is -1.54. The van der Waals surface area contributed by atoms with Gasteiger partial charge in [0.15, 0.2) is 0 Å². The van der Waals surface area contributed by atoms with Crippen LogP contribution in [0.2, 0.25) is 5.02 Å². The van der Waals surface area contributed by atoms with Crippen LogP contribution in [0.25, 0.3) is 11.0 Å². The molecule has 0 aliphatic rings. The Labute approximate surface area is 131 Å². The van der Waals surface area contributed by atoms with Gasteiger partial charge >= 0.3 is 0 Å². The lowest BCUT2D eigenvalue weighted by molar-refractivity contribution is 0.582. The topological polar surface area (TPSA) is 72.0 Å². The highest BCUT2D eigenvalue weighted by molar-refractivity contribution is 7.89. The number of halogens is 1. The summed E-state index contributed by atoms with van der Waals surface area (Å²) < 4.78 is 35.4. The first kappa shape index (κ1) is 14.4. The Morgan fingerprint density at radius 2 is 1.90 bits per heavy atom. The average molecular weight is 340 g/mol. The predicted molar refractivity (Wildman–Crippen MR) is 82.9 cm³/mol. The standard InChI is InChI=1S/C13H10ClN3O2S2/c14-10-5-2-1-4-9(10)8-15-21(18,19)12-7-3-6-11-13(12)17-20-16-11/h1-7,15H,8H2. The molecule has 0 aliphatic carbocycles. The molecule has 0 unspecified atom stereocenters. The van der Waals surface area contributed by atoms with Crippen LogP contribution in [0.5, 0.6) is 0 Å². The van der Waals surface area contributed by atoms with Gasteiger partial charge in [-0.1, -0.05) is 35.9 Å². The van der Waals surface area contributed by atoms with Crippen molar-refractivity contribution >= 4 is 44.4 Å². The van der Waals surface area contributed by atoms with Crippen LogP contribution in [0.15, 0.2) is 47.4 Å². The van der Waals surface area contributed by atoms with Crippen molar-refractivity contribution < 1.29 is 8.42 Å². The molecular formula is C13H10ClN3O2S2. The van der Waals surface area contributed by atoms with Crippen molar-refractivity contribution in [1.29, 1.82) is 0 Å². The predicted octanol–water partition coefficient (Wildman–Crippen LogP) is 2.82. The van der Waals surface area contributed by atoms with Gasteiger partial charge in [-0.2, -0.15) is 8.75 Å². The van der Waals surface area contributed by atoms with Crippen LogP contribution in [0.4, 0.5) is 0 Å². The van der Waals surface area contributed by atoms with Gasteiger partial charge in [0, 0.05) is 11.6 Å². The first-order valence-electron chi connectivity index (χ1n) is 6.02. The van der Waals surface area contributed by atoms with E-state index in [2.05, 4.69) is 13.5 Å². The van der Waals surface area contributed by atoms with Crippen LogP contribution in [-0.2, 0) is 16.6 Å². The Balaban J connectivity index is 1.91. The Morgan fingerprint density at radius 3 is 2.71 bits per heavy atom. The van der Waals surface area contributed by atoms with Crippen LogP contribution in [-0.4, -0.2) is 17.2 Å². The minimum atomic E-state index is -3.68. The van der Waals surface area contributed by atoms with E-state index in [0.717, 1.165) is 11.7 Å². The Bertz CT molecular complexity index is 893. The van der Waals surface area contributed by atoms with Gasteiger partial charge < -0.3 is 0 Å². The molecule has 108 valence electrons. The summed E-state index contributed by atoms with van der Waals surface area (Å²) >= 11 is 7.01. The van der Waals surface area contributed by atoms with Crippen LogP contribution < -0.4 is 4.72 Å². The minimum Gasteiger partial charge on any atom is -0.207 e. The number of nitrogens with one attached hydrogen (secondary N) is 1. The molecule has 0 radical (unpaired) electrons. The molecule has 2 aromatic carbocycles. The molecule has 0 atom stereocenters. The molecule has 21 heavy (non-hydrogen) atoms. The fraction of sp³-hybridized carbons (Fsp3) is 0.0769. The van der Waals surface area contributed by atoms with E-state index < -0.39 is 10.0 Å². The summed E-state index contributed by atoms with van der Waals surface area (Å²) in [7, 11) is -3.68. The minimum absolute atomic E-state index is 0.121. The molecule has 8 heteroatoms. The zero-order chi connectivity index (χ0) is 14.9. The maximum absolute atomic E-state index is 12.4. The number of sulfonamides is 1. The second kappa shape index (κ2) is 5.69. The van der Waals surface area contributed by atoms with Gasteiger partial charge in [0.25, 0.3) is 0 Å². The Morgan fingerprint density at radius 1 is 1.10 bits per heavy atom. The monoisotopic (exact) mass is 339 g/mol. The van der Waals surface area contributed by atoms with Crippen molar-refractivity contribution in [3.8, 4) is 0 Å². The average Bonchev–Trinajstić information content (AvgIpc) is 2.94. The van der Waals surface area contributed by atoms with E-state index in [9.17, 15) is 8.42 Å². The SMILES string of the molecule is O=S(=O)(NCc1ccccc1Cl)c1cccc2nsnc12. The first-order valence-corrected chi connectivity index (χ1v) is 8.61. The van der Waals surface area contributed by atoms with E-state index in [1.807, 2.05) is 0 Å². The van der Waals surface area contributed by atoms with Gasteiger partial charge in [-0.05, 0) is 23.8 Å². The molecule has 0 aliphatic heterocycles. The van der Waals surface area contributed by atoms with Gasteiger partial charge in [-0.15, -0.1) is 0 Å². The molecule has 1 heterocycles. The zero-order valence-electron chi connectivity index (χ0n) is 10.7. The van der Waals surface area contributed by atoms with Gasteiger partial charge in [0.05, 0.1) is 11.7 Å². The highest BCUT2D eigenvalue weighted by atomic mass is 35.5. The molecule has 1 N–H and O–H groups in total. The fourth-order valence-corrected chi connectivity index (χ4v) is 3.86. The quantitative estimate of drug-likeness (QED) is 0.793. The molecule has 0 spiro atoms. The molecular weight excluding hydrogens is 330 g/mol. The Kier molecular flexibility index (Phi) is 3.90. The number of rotatable bonds is 4. The number of benzene rings is 2. The van der Waals surface area contributed by atoms with Crippen molar-refractivity contribution in [1.82, 2.24) is 13.5 Å². The van der Waals surface area contributed by atoms with E-state index in [0.29, 0.717) is 21.6 Å². The summed E-state index contributed by atoms with van der Waals surface area (Å²) in [6.07, 6.45) is 0. The highest BCUT2D eigenvalue weighted by Gasteiger charge is 2.19. The van der Waals surface area contributed by atoms with Crippen molar-refractivity contribution in [2.45, 2.75) is 11.4 Å². The summed E-state index contributed by atoms with van der Waals surface area (Å²) in [5.41, 5.74) is 1.67. The van der Waals surface area contributed by atoms with E-state index in [1.54, 1.807) is 36.4 Å². The third-order valence-electron chi connectivity index (χ3n) is 2.95. The molecule has 0 saturated carbocycles. The fourth-order valence-electron chi connectivity index (χ4n) is 1.89. The number of fused-ring (bicyclic) bond motifs is 1. The van der Waals surface area contributed by atoms with Crippen LogP contribution in [0.1, 0.15) is 5.56 Å². The van der Waals surface area contributed by atoms with Gasteiger partial charge in [0.1, 0.15) is 15.9 Å². The second-order valence-corrected chi connectivity index (χ2v) is 6.98. The molecule has 0 fully saturated rings. The van der Waals surface area contributed by atoms with Gasteiger partial charge in [0.2, 0.25) is 10.0 Å². The lowest BCUT2D eigenvalue weighted by Gasteiger charge is -2.08. The number of hydrogen-bond acceptors (Lipinski definition) is 5. The molecule has 1 aromatic heterocycles. The summed E-state index contributed by atoms with van der Waals surface area (Å²) in [5.74, 6) is 0. The molecule has 3 aromatic rings. The van der Waals surface area contributed by atoms with Crippen molar-refractivity contribution in [2.24, 2.45) is 0 Å². The summed E-state index contributed by atoms with van der Waals surface area (Å²) in [6.45, 7) is 0.121. The number of aromatic nitrogens is 2. The molecule has 0 bridgehead atoms.